The Kier molecular flexibility index (Phi) is 3.67. The van der Waals surface area contributed by atoms with Crippen molar-refractivity contribution in [2.75, 3.05) is 0 Å². The average Bonchev–Trinajstić information content (AvgIpc) is 2.18. The lowest BCUT2D eigenvalue weighted by atomic mass is 10.2. The molecule has 0 aliphatic carbocycles. The second-order valence-electron chi connectivity index (χ2n) is 4.19. The zero-order valence-corrected chi connectivity index (χ0v) is 9.96. The molecule has 0 atom stereocenters. The van der Waals surface area contributed by atoms with Crippen LogP contribution in [0.1, 0.15) is 5.56 Å². The molecule has 2 heteroatoms. The summed E-state index contributed by atoms with van der Waals surface area (Å²) in [6, 6.07) is 9.23. The van der Waals surface area contributed by atoms with Crippen molar-refractivity contribution in [1.82, 2.24) is 0 Å². The molecule has 0 unspecified atom stereocenters. The summed E-state index contributed by atoms with van der Waals surface area (Å²) in [6.45, 7) is 8.56. The maximum Gasteiger partial charge on any atom is 0.0847 e. The highest BCUT2D eigenvalue weighted by molar-refractivity contribution is 6.90. The topological polar surface area (TPSA) is 20.2 Å². The van der Waals surface area contributed by atoms with Crippen molar-refractivity contribution in [3.8, 4) is 0 Å². The molecule has 1 nitrogen and oxygen atoms in total. The van der Waals surface area contributed by atoms with E-state index in [-0.39, 0.29) is 6.61 Å². The monoisotopic (exact) mass is 206 g/mol. The molecule has 1 rings (SSSR count). The van der Waals surface area contributed by atoms with Gasteiger partial charge in [-0.3, -0.25) is 0 Å². The highest BCUT2D eigenvalue weighted by atomic mass is 28.3. The summed E-state index contributed by atoms with van der Waals surface area (Å²) in [6.07, 6.45) is 1.99. The number of rotatable bonds is 4. The first-order valence-corrected chi connectivity index (χ1v) is 8.12. The molecule has 0 aliphatic heterocycles. The highest BCUT2D eigenvalue weighted by Gasteiger charge is 2.23. The van der Waals surface area contributed by atoms with E-state index in [0.29, 0.717) is 0 Å². The molecule has 0 amide bonds. The van der Waals surface area contributed by atoms with Crippen molar-refractivity contribution >= 4 is 13.3 Å². The lowest BCUT2D eigenvalue weighted by Gasteiger charge is -2.23. The van der Waals surface area contributed by atoms with Crippen LogP contribution >= 0.6 is 0 Å². The summed E-state index contributed by atoms with van der Waals surface area (Å²) in [5, 5.41) is 10.6. The number of benzene rings is 1. The Labute approximate surface area is 87.1 Å². The molecule has 76 valence electrons. The van der Waals surface area contributed by atoms with Crippen LogP contribution < -0.4 is 5.19 Å². The summed E-state index contributed by atoms with van der Waals surface area (Å²) in [4.78, 5) is 0. The molecule has 0 aliphatic rings. The van der Waals surface area contributed by atoms with E-state index in [0.717, 1.165) is 11.6 Å². The van der Waals surface area contributed by atoms with Crippen molar-refractivity contribution in [3.05, 3.63) is 42.5 Å². The van der Waals surface area contributed by atoms with Gasteiger partial charge in [-0.1, -0.05) is 48.6 Å². The van der Waals surface area contributed by atoms with E-state index in [1.807, 2.05) is 24.3 Å². The number of aliphatic hydroxyl groups excluding tert-OH is 1. The van der Waals surface area contributed by atoms with Crippen LogP contribution in [0.15, 0.2) is 36.9 Å². The first kappa shape index (κ1) is 11.2. The van der Waals surface area contributed by atoms with Gasteiger partial charge in [0.1, 0.15) is 0 Å². The minimum atomic E-state index is -1.42. The van der Waals surface area contributed by atoms with Gasteiger partial charge in [0.2, 0.25) is 0 Å². The Hall–Kier alpha value is -0.863. The molecule has 0 aromatic heterocycles. The van der Waals surface area contributed by atoms with Crippen molar-refractivity contribution in [2.24, 2.45) is 0 Å². The van der Waals surface area contributed by atoms with E-state index in [4.69, 9.17) is 0 Å². The van der Waals surface area contributed by atoms with Gasteiger partial charge in [-0.15, -0.1) is 6.58 Å². The van der Waals surface area contributed by atoms with Crippen LogP contribution in [-0.2, 0) is 6.61 Å². The SMILES string of the molecule is C=CC[Si](C)(C)c1ccccc1CO. The van der Waals surface area contributed by atoms with Gasteiger partial charge in [-0.05, 0) is 11.6 Å². The number of hydrogen-bond donors (Lipinski definition) is 1. The smallest absolute Gasteiger partial charge is 0.0847 e. The molecule has 14 heavy (non-hydrogen) atoms. The molecule has 0 saturated heterocycles. The van der Waals surface area contributed by atoms with Gasteiger partial charge in [-0.2, -0.15) is 0 Å². The molecule has 1 N–H and O–H groups in total. The standard InChI is InChI=1S/C12H18OSi/c1-4-9-14(2,3)12-8-6-5-7-11(12)10-13/h4-8,13H,1,9-10H2,2-3H3. The molecule has 1 aromatic carbocycles. The Morgan fingerprint density at radius 1 is 1.36 bits per heavy atom. The highest BCUT2D eigenvalue weighted by Crippen LogP contribution is 2.12. The molecule has 0 bridgehead atoms. The molecule has 0 fully saturated rings. The van der Waals surface area contributed by atoms with Crippen molar-refractivity contribution in [2.45, 2.75) is 25.7 Å². The fourth-order valence-electron chi connectivity index (χ4n) is 1.79. The van der Waals surface area contributed by atoms with Gasteiger partial charge >= 0.3 is 0 Å². The van der Waals surface area contributed by atoms with Gasteiger partial charge in [-0.25, -0.2) is 0 Å². The zero-order chi connectivity index (χ0) is 10.6. The number of allylic oxidation sites excluding steroid dienone is 1. The quantitative estimate of drug-likeness (QED) is 0.592. The Bertz CT molecular complexity index is 318. The third-order valence-corrected chi connectivity index (χ3v) is 5.83. The van der Waals surface area contributed by atoms with Crippen LogP contribution in [0, 0.1) is 0 Å². The van der Waals surface area contributed by atoms with E-state index in [9.17, 15) is 5.11 Å². The van der Waals surface area contributed by atoms with Crippen LogP contribution in [0.5, 0.6) is 0 Å². The van der Waals surface area contributed by atoms with Gasteiger partial charge in [0.25, 0.3) is 0 Å². The summed E-state index contributed by atoms with van der Waals surface area (Å²) in [5.74, 6) is 0. The van der Waals surface area contributed by atoms with Gasteiger partial charge in [0.05, 0.1) is 14.7 Å². The number of hydrogen-bond acceptors (Lipinski definition) is 1. The third-order valence-electron chi connectivity index (χ3n) is 2.57. The van der Waals surface area contributed by atoms with Gasteiger partial charge < -0.3 is 5.11 Å². The second-order valence-corrected chi connectivity index (χ2v) is 8.91. The Balaban J connectivity index is 3.09. The van der Waals surface area contributed by atoms with Gasteiger partial charge in [0, 0.05) is 0 Å². The molecule has 0 heterocycles. The molecule has 1 aromatic rings. The molecular formula is C12H18OSi. The number of aliphatic hydroxyl groups is 1. The first-order chi connectivity index (χ1) is 6.61. The normalized spacial score (nSPS) is 11.4. The van der Waals surface area contributed by atoms with E-state index in [2.05, 4.69) is 25.7 Å². The molecule has 0 spiro atoms. The van der Waals surface area contributed by atoms with Crippen LogP contribution in [0.25, 0.3) is 0 Å². The average molecular weight is 206 g/mol. The first-order valence-electron chi connectivity index (χ1n) is 4.92. The zero-order valence-electron chi connectivity index (χ0n) is 8.96. The predicted molar refractivity (Wildman–Crippen MR) is 64.5 cm³/mol. The lowest BCUT2D eigenvalue weighted by Crippen LogP contribution is -2.42. The van der Waals surface area contributed by atoms with Crippen LogP contribution in [0.4, 0.5) is 0 Å². The molecular weight excluding hydrogens is 188 g/mol. The molecule has 0 radical (unpaired) electrons. The fourth-order valence-corrected chi connectivity index (χ4v) is 4.31. The van der Waals surface area contributed by atoms with Crippen molar-refractivity contribution in [1.29, 1.82) is 0 Å². The summed E-state index contributed by atoms with van der Waals surface area (Å²) in [7, 11) is -1.42. The minimum absolute atomic E-state index is 0.143. The van der Waals surface area contributed by atoms with Crippen LogP contribution in [0.2, 0.25) is 19.1 Å². The molecule has 0 saturated carbocycles. The largest absolute Gasteiger partial charge is 0.392 e. The summed E-state index contributed by atoms with van der Waals surface area (Å²) < 4.78 is 0. The summed E-state index contributed by atoms with van der Waals surface area (Å²) >= 11 is 0. The lowest BCUT2D eigenvalue weighted by molar-refractivity contribution is 0.283. The predicted octanol–water partition coefficient (Wildman–Crippen LogP) is 2.28. The fraction of sp³-hybridized carbons (Fsp3) is 0.333. The maximum atomic E-state index is 9.25. The van der Waals surface area contributed by atoms with Crippen LogP contribution in [0.3, 0.4) is 0 Å². The Morgan fingerprint density at radius 3 is 2.57 bits per heavy atom. The maximum absolute atomic E-state index is 9.25. The third kappa shape index (κ3) is 2.34. The van der Waals surface area contributed by atoms with Crippen LogP contribution in [-0.4, -0.2) is 13.2 Å². The van der Waals surface area contributed by atoms with E-state index >= 15 is 0 Å². The Morgan fingerprint density at radius 2 is 2.00 bits per heavy atom. The second kappa shape index (κ2) is 4.58. The van der Waals surface area contributed by atoms with E-state index < -0.39 is 8.07 Å². The van der Waals surface area contributed by atoms with Crippen molar-refractivity contribution in [3.63, 3.8) is 0 Å². The van der Waals surface area contributed by atoms with E-state index in [1.54, 1.807) is 0 Å². The van der Waals surface area contributed by atoms with Crippen molar-refractivity contribution < 1.29 is 5.11 Å². The minimum Gasteiger partial charge on any atom is -0.392 e. The van der Waals surface area contributed by atoms with Gasteiger partial charge in [0.15, 0.2) is 0 Å². The van der Waals surface area contributed by atoms with E-state index in [1.165, 1.54) is 5.19 Å². The summed E-state index contributed by atoms with van der Waals surface area (Å²) in [5.41, 5.74) is 1.08.